The van der Waals surface area contributed by atoms with Gasteiger partial charge in [-0.05, 0) is 36.6 Å². The average Bonchev–Trinajstić information content (AvgIpc) is 2.92. The predicted molar refractivity (Wildman–Crippen MR) is 74.2 cm³/mol. The fourth-order valence-corrected chi connectivity index (χ4v) is 3.38. The smallest absolute Gasteiger partial charge is 0.227 e. The fourth-order valence-electron chi connectivity index (χ4n) is 2.85. The highest BCUT2D eigenvalue weighted by atomic mass is 79.9. The molecule has 0 radical (unpaired) electrons. The van der Waals surface area contributed by atoms with Crippen LogP contribution in [0.15, 0.2) is 22.7 Å². The lowest BCUT2D eigenvalue weighted by Gasteiger charge is -2.31. The van der Waals surface area contributed by atoms with Crippen LogP contribution in [0, 0.1) is 5.92 Å². The van der Waals surface area contributed by atoms with E-state index in [1.807, 2.05) is 4.90 Å². The van der Waals surface area contributed by atoms with E-state index in [4.69, 9.17) is 0 Å². The molecule has 1 unspecified atom stereocenters. The molecule has 1 amide bonds. The summed E-state index contributed by atoms with van der Waals surface area (Å²) in [5.74, 6) is 0.510. The average molecular weight is 309 g/mol. The van der Waals surface area contributed by atoms with Crippen LogP contribution < -0.4 is 5.32 Å². The summed E-state index contributed by atoms with van der Waals surface area (Å²) in [5.41, 5.74) is 2.65. The van der Waals surface area contributed by atoms with Gasteiger partial charge >= 0.3 is 0 Å². The Morgan fingerprint density at radius 3 is 3.11 bits per heavy atom. The van der Waals surface area contributed by atoms with Crippen molar-refractivity contribution in [2.45, 2.75) is 19.4 Å². The maximum absolute atomic E-state index is 12.4. The molecule has 2 aliphatic heterocycles. The number of benzene rings is 1. The highest BCUT2D eigenvalue weighted by Gasteiger charge is 2.29. The van der Waals surface area contributed by atoms with Crippen LogP contribution in [0.2, 0.25) is 0 Å². The van der Waals surface area contributed by atoms with Crippen LogP contribution in [0.1, 0.15) is 17.5 Å². The van der Waals surface area contributed by atoms with Crippen molar-refractivity contribution in [1.82, 2.24) is 10.2 Å². The fraction of sp³-hybridized carbons (Fsp3) is 0.500. The summed E-state index contributed by atoms with van der Waals surface area (Å²) in [6.07, 6.45) is 1.96. The third-order valence-electron chi connectivity index (χ3n) is 3.94. The van der Waals surface area contributed by atoms with Gasteiger partial charge in [0.1, 0.15) is 0 Å². The Morgan fingerprint density at radius 1 is 1.44 bits per heavy atom. The summed E-state index contributed by atoms with van der Waals surface area (Å²) in [7, 11) is 0. The van der Waals surface area contributed by atoms with E-state index >= 15 is 0 Å². The number of amides is 1. The van der Waals surface area contributed by atoms with Crippen molar-refractivity contribution >= 4 is 21.8 Å². The number of fused-ring (bicyclic) bond motifs is 1. The highest BCUT2D eigenvalue weighted by molar-refractivity contribution is 9.10. The first-order chi connectivity index (χ1) is 8.75. The van der Waals surface area contributed by atoms with E-state index in [2.05, 4.69) is 39.4 Å². The van der Waals surface area contributed by atoms with Crippen molar-refractivity contribution in [3.8, 4) is 0 Å². The van der Waals surface area contributed by atoms with Crippen molar-refractivity contribution in [3.63, 3.8) is 0 Å². The number of carbonyl (C=O) groups is 1. The first-order valence-electron chi connectivity index (χ1n) is 6.51. The molecule has 2 aliphatic rings. The van der Waals surface area contributed by atoms with Gasteiger partial charge < -0.3 is 10.2 Å². The summed E-state index contributed by atoms with van der Waals surface area (Å²) >= 11 is 3.59. The summed E-state index contributed by atoms with van der Waals surface area (Å²) in [5, 5.41) is 3.27. The Hall–Kier alpha value is -0.870. The van der Waals surface area contributed by atoms with Gasteiger partial charge in [0.2, 0.25) is 5.91 Å². The van der Waals surface area contributed by atoms with Gasteiger partial charge in [-0.3, -0.25) is 4.79 Å². The van der Waals surface area contributed by atoms with Crippen molar-refractivity contribution in [2.24, 2.45) is 5.92 Å². The lowest BCUT2D eigenvalue weighted by Crippen LogP contribution is -2.40. The molecule has 96 valence electrons. The van der Waals surface area contributed by atoms with Gasteiger partial charge in [-0.2, -0.15) is 0 Å². The maximum atomic E-state index is 12.4. The summed E-state index contributed by atoms with van der Waals surface area (Å²) in [4.78, 5) is 14.4. The van der Waals surface area contributed by atoms with Gasteiger partial charge in [0.25, 0.3) is 0 Å². The molecule has 0 saturated carbocycles. The summed E-state index contributed by atoms with van der Waals surface area (Å²) in [6, 6.07) is 6.30. The number of nitrogens with zero attached hydrogens (tertiary/aromatic N) is 1. The molecule has 3 nitrogen and oxygen atoms in total. The van der Waals surface area contributed by atoms with Crippen molar-refractivity contribution < 1.29 is 4.79 Å². The second-order valence-corrected chi connectivity index (χ2v) is 5.93. The second kappa shape index (κ2) is 5.02. The first-order valence-corrected chi connectivity index (χ1v) is 7.31. The molecule has 1 atom stereocenters. The van der Waals surface area contributed by atoms with E-state index < -0.39 is 0 Å². The zero-order valence-corrected chi connectivity index (χ0v) is 11.9. The molecule has 3 rings (SSSR count). The molecule has 2 heterocycles. The standard InChI is InChI=1S/C14H17BrN2O/c15-13-3-1-2-10-5-7-17(9-12(10)13)14(18)11-4-6-16-8-11/h1-3,11,16H,4-9H2. The van der Waals surface area contributed by atoms with Crippen LogP contribution in [-0.4, -0.2) is 30.4 Å². The number of carbonyl (C=O) groups excluding carboxylic acids is 1. The van der Waals surface area contributed by atoms with Crippen LogP contribution >= 0.6 is 15.9 Å². The van der Waals surface area contributed by atoms with Gasteiger partial charge in [0.05, 0.1) is 5.92 Å². The molecule has 1 N–H and O–H groups in total. The van der Waals surface area contributed by atoms with Crippen LogP contribution in [0.25, 0.3) is 0 Å². The minimum absolute atomic E-state index is 0.189. The maximum Gasteiger partial charge on any atom is 0.227 e. The van der Waals surface area contributed by atoms with Crippen LogP contribution in [0.5, 0.6) is 0 Å². The number of nitrogens with one attached hydrogen (secondary N) is 1. The minimum Gasteiger partial charge on any atom is -0.338 e. The molecule has 0 aliphatic carbocycles. The molecule has 1 aromatic rings. The Morgan fingerprint density at radius 2 is 2.33 bits per heavy atom. The first kappa shape index (κ1) is 12.2. The van der Waals surface area contributed by atoms with Gasteiger partial charge in [-0.25, -0.2) is 0 Å². The van der Waals surface area contributed by atoms with Crippen LogP contribution in [0.4, 0.5) is 0 Å². The number of halogens is 1. The van der Waals surface area contributed by atoms with Gasteiger partial charge in [0, 0.05) is 24.1 Å². The van der Waals surface area contributed by atoms with E-state index in [1.54, 1.807) is 0 Å². The lowest BCUT2D eigenvalue weighted by molar-refractivity contribution is -0.135. The predicted octanol–water partition coefficient (Wildman–Crippen LogP) is 1.94. The van der Waals surface area contributed by atoms with E-state index in [0.717, 1.165) is 43.5 Å². The van der Waals surface area contributed by atoms with E-state index in [9.17, 15) is 4.79 Å². The summed E-state index contributed by atoms with van der Waals surface area (Å²) < 4.78 is 1.13. The Balaban J connectivity index is 1.78. The number of hydrogen-bond acceptors (Lipinski definition) is 2. The molecule has 1 fully saturated rings. The Labute approximate surface area is 116 Å². The zero-order chi connectivity index (χ0) is 12.5. The molecule has 18 heavy (non-hydrogen) atoms. The monoisotopic (exact) mass is 308 g/mol. The second-order valence-electron chi connectivity index (χ2n) is 5.08. The van der Waals surface area contributed by atoms with Crippen LogP contribution in [0.3, 0.4) is 0 Å². The molecular weight excluding hydrogens is 292 g/mol. The van der Waals surface area contributed by atoms with Crippen LogP contribution in [-0.2, 0) is 17.8 Å². The Kier molecular flexibility index (Phi) is 3.39. The normalized spacial score (nSPS) is 22.9. The molecule has 0 bridgehead atoms. The zero-order valence-electron chi connectivity index (χ0n) is 10.3. The number of rotatable bonds is 1. The summed E-state index contributed by atoms with van der Waals surface area (Å²) in [6.45, 7) is 3.44. The van der Waals surface area contributed by atoms with Crippen molar-refractivity contribution in [3.05, 3.63) is 33.8 Å². The van der Waals surface area contributed by atoms with Crippen molar-refractivity contribution in [1.29, 1.82) is 0 Å². The molecule has 1 aromatic carbocycles. The third-order valence-corrected chi connectivity index (χ3v) is 4.68. The van der Waals surface area contributed by atoms with Crippen molar-refractivity contribution in [2.75, 3.05) is 19.6 Å². The molecule has 1 saturated heterocycles. The van der Waals surface area contributed by atoms with E-state index in [1.165, 1.54) is 11.1 Å². The molecule has 0 spiro atoms. The molecule has 0 aromatic heterocycles. The lowest BCUT2D eigenvalue weighted by atomic mass is 9.98. The highest BCUT2D eigenvalue weighted by Crippen LogP contribution is 2.27. The minimum atomic E-state index is 0.189. The van der Waals surface area contributed by atoms with Gasteiger partial charge in [-0.15, -0.1) is 0 Å². The van der Waals surface area contributed by atoms with Gasteiger partial charge in [0.15, 0.2) is 0 Å². The van der Waals surface area contributed by atoms with Gasteiger partial charge in [-0.1, -0.05) is 28.1 Å². The SMILES string of the molecule is O=C(C1CCNC1)N1CCc2cccc(Br)c2C1. The molecular formula is C14H17BrN2O. The number of hydrogen-bond donors (Lipinski definition) is 1. The largest absolute Gasteiger partial charge is 0.338 e. The third kappa shape index (κ3) is 2.19. The molecule has 4 heteroatoms. The Bertz CT molecular complexity index is 469. The quantitative estimate of drug-likeness (QED) is 0.860. The van der Waals surface area contributed by atoms with E-state index in [-0.39, 0.29) is 5.92 Å². The van der Waals surface area contributed by atoms with E-state index in [0.29, 0.717) is 5.91 Å². The topological polar surface area (TPSA) is 32.3 Å².